The summed E-state index contributed by atoms with van der Waals surface area (Å²) in [5.74, 6) is 1.71. The molecule has 6 heteroatoms. The van der Waals surface area contributed by atoms with E-state index in [2.05, 4.69) is 174 Å². The molecule has 0 aliphatic rings. The van der Waals surface area contributed by atoms with Gasteiger partial charge < -0.3 is 13.4 Å². The van der Waals surface area contributed by atoms with Crippen molar-refractivity contribution in [1.29, 1.82) is 0 Å². The molecule has 0 radical (unpaired) electrons. The molecule has 322 valence electrons. The molecule has 0 aliphatic carbocycles. The Morgan fingerprint density at radius 3 is 1.51 bits per heavy atom. The number of nitrogens with zero attached hydrogens (tertiary/aromatic N) is 4. The number of hydrogen-bond acceptors (Lipinski definition) is 5. The van der Waals surface area contributed by atoms with Crippen LogP contribution in [0.4, 0.5) is 0 Å². The van der Waals surface area contributed by atoms with Crippen LogP contribution in [0.25, 0.3) is 139 Å². The molecule has 69 heavy (non-hydrogen) atoms. The number of furan rings is 2. The Balaban J connectivity index is 1.05. The van der Waals surface area contributed by atoms with Gasteiger partial charge in [-0.15, -0.1) is 0 Å². The van der Waals surface area contributed by atoms with Gasteiger partial charge in [0, 0.05) is 60.6 Å². The second kappa shape index (κ2) is 15.6. The standard InChI is InChI=1S/C63H38N4O2/c1-4-16-39(17-5-1)41-28-30-43(31-29-41)62-64-61(42-20-8-3-9-21-42)65-63(66-62)52-35-45(36-59-60(52)48-24-12-15-27-57(48)69-59)49-37-51-47-23-11-14-26-56(47)68-58(51)38-55(49)67-53-25-13-10-22-46(53)50-34-44(32-33-54(50)67)40-18-6-2-7-19-40/h1-38H. The van der Waals surface area contributed by atoms with Crippen LogP contribution in [0.15, 0.2) is 239 Å². The first-order valence-corrected chi connectivity index (χ1v) is 23.2. The van der Waals surface area contributed by atoms with E-state index in [0.29, 0.717) is 17.5 Å². The average molecular weight is 883 g/mol. The molecule has 0 spiro atoms. The van der Waals surface area contributed by atoms with Crippen LogP contribution in [0.5, 0.6) is 0 Å². The highest BCUT2D eigenvalue weighted by atomic mass is 16.3. The molecule has 0 aliphatic heterocycles. The first kappa shape index (κ1) is 38.8. The van der Waals surface area contributed by atoms with Gasteiger partial charge in [0.2, 0.25) is 0 Å². The summed E-state index contributed by atoms with van der Waals surface area (Å²) in [5.41, 5.74) is 15.5. The minimum atomic E-state index is 0.547. The highest BCUT2D eigenvalue weighted by Gasteiger charge is 2.24. The Kier molecular flexibility index (Phi) is 8.79. The van der Waals surface area contributed by atoms with Gasteiger partial charge in [0.15, 0.2) is 17.5 Å². The molecule has 6 nitrogen and oxygen atoms in total. The van der Waals surface area contributed by atoms with Gasteiger partial charge in [-0.25, -0.2) is 15.0 Å². The molecular weight excluding hydrogens is 845 g/mol. The average Bonchev–Trinajstić information content (AvgIpc) is 4.10. The lowest BCUT2D eigenvalue weighted by Gasteiger charge is -2.16. The lowest BCUT2D eigenvalue weighted by molar-refractivity contribution is 0.668. The van der Waals surface area contributed by atoms with Crippen LogP contribution >= 0.6 is 0 Å². The van der Waals surface area contributed by atoms with Gasteiger partial charge in [-0.2, -0.15) is 0 Å². The Morgan fingerprint density at radius 1 is 0.275 bits per heavy atom. The van der Waals surface area contributed by atoms with E-state index < -0.39 is 0 Å². The van der Waals surface area contributed by atoms with Crippen molar-refractivity contribution in [2.75, 3.05) is 0 Å². The summed E-state index contributed by atoms with van der Waals surface area (Å²) in [5, 5.41) is 6.32. The number of aromatic nitrogens is 4. The van der Waals surface area contributed by atoms with Crippen LogP contribution in [0, 0.1) is 0 Å². The van der Waals surface area contributed by atoms with Gasteiger partial charge in [0.25, 0.3) is 0 Å². The number of benzene rings is 10. The lowest BCUT2D eigenvalue weighted by atomic mass is 9.95. The maximum Gasteiger partial charge on any atom is 0.164 e. The van der Waals surface area contributed by atoms with Crippen molar-refractivity contribution >= 4 is 65.7 Å². The van der Waals surface area contributed by atoms with E-state index in [9.17, 15) is 0 Å². The topological polar surface area (TPSA) is 69.9 Å². The molecule has 10 aromatic carbocycles. The highest BCUT2D eigenvalue weighted by Crippen LogP contribution is 2.45. The summed E-state index contributed by atoms with van der Waals surface area (Å²) in [6.45, 7) is 0. The lowest BCUT2D eigenvalue weighted by Crippen LogP contribution is -2.01. The van der Waals surface area contributed by atoms with Crippen molar-refractivity contribution in [1.82, 2.24) is 19.5 Å². The summed E-state index contributed by atoms with van der Waals surface area (Å²) in [7, 11) is 0. The van der Waals surface area contributed by atoms with Crippen LogP contribution in [0.3, 0.4) is 0 Å². The Morgan fingerprint density at radius 2 is 0.783 bits per heavy atom. The number of hydrogen-bond donors (Lipinski definition) is 0. The molecule has 0 unspecified atom stereocenters. The number of rotatable bonds is 7. The van der Waals surface area contributed by atoms with Gasteiger partial charge in [0.1, 0.15) is 22.3 Å². The van der Waals surface area contributed by atoms with Crippen molar-refractivity contribution in [3.8, 4) is 73.2 Å². The van der Waals surface area contributed by atoms with Crippen molar-refractivity contribution < 1.29 is 8.83 Å². The fourth-order valence-electron chi connectivity index (χ4n) is 10.2. The van der Waals surface area contributed by atoms with E-state index in [1.807, 2.05) is 60.7 Å². The van der Waals surface area contributed by atoms with Crippen molar-refractivity contribution in [3.63, 3.8) is 0 Å². The predicted molar refractivity (Wildman–Crippen MR) is 281 cm³/mol. The molecule has 14 aromatic rings. The molecular formula is C63H38N4O2. The van der Waals surface area contributed by atoms with Gasteiger partial charge in [-0.1, -0.05) is 176 Å². The molecule has 4 aromatic heterocycles. The second-order valence-electron chi connectivity index (χ2n) is 17.5. The van der Waals surface area contributed by atoms with E-state index >= 15 is 0 Å². The Hall–Kier alpha value is -9.39. The molecule has 4 heterocycles. The zero-order valence-corrected chi connectivity index (χ0v) is 37.0. The van der Waals surface area contributed by atoms with Gasteiger partial charge in [-0.3, -0.25) is 0 Å². The van der Waals surface area contributed by atoms with Crippen molar-refractivity contribution in [2.45, 2.75) is 0 Å². The smallest absolute Gasteiger partial charge is 0.164 e. The summed E-state index contributed by atoms with van der Waals surface area (Å²) >= 11 is 0. The maximum absolute atomic E-state index is 6.83. The van der Waals surface area contributed by atoms with Crippen LogP contribution in [0.1, 0.15) is 0 Å². The van der Waals surface area contributed by atoms with Gasteiger partial charge in [-0.05, 0) is 76.3 Å². The monoisotopic (exact) mass is 882 g/mol. The highest BCUT2D eigenvalue weighted by molar-refractivity contribution is 6.16. The van der Waals surface area contributed by atoms with Crippen LogP contribution in [-0.4, -0.2) is 19.5 Å². The van der Waals surface area contributed by atoms with Crippen LogP contribution in [-0.2, 0) is 0 Å². The maximum atomic E-state index is 6.83. The zero-order valence-electron chi connectivity index (χ0n) is 37.0. The third-order valence-electron chi connectivity index (χ3n) is 13.5. The SMILES string of the molecule is c1ccc(-c2ccc(-c3nc(-c4ccccc4)nc(-c4cc(-c5cc6c(cc5-n5c7ccccc7c7cc(-c8ccccc8)ccc75)oc5ccccc56)cc5oc6ccccc6c45)n3)cc2)cc1. The molecule has 0 saturated heterocycles. The molecule has 0 N–H and O–H groups in total. The van der Waals surface area contributed by atoms with Crippen LogP contribution < -0.4 is 0 Å². The predicted octanol–water partition coefficient (Wildman–Crippen LogP) is 16.8. The number of para-hydroxylation sites is 3. The summed E-state index contributed by atoms with van der Waals surface area (Å²) in [6.07, 6.45) is 0. The third-order valence-corrected chi connectivity index (χ3v) is 13.5. The molecule has 0 bridgehead atoms. The third kappa shape index (κ3) is 6.45. The van der Waals surface area contributed by atoms with Crippen molar-refractivity contribution in [2.24, 2.45) is 0 Å². The van der Waals surface area contributed by atoms with Crippen molar-refractivity contribution in [3.05, 3.63) is 231 Å². The van der Waals surface area contributed by atoms with E-state index in [4.69, 9.17) is 23.8 Å². The minimum Gasteiger partial charge on any atom is -0.456 e. The fraction of sp³-hybridized carbons (Fsp3) is 0. The van der Waals surface area contributed by atoms with E-state index in [0.717, 1.165) is 110 Å². The summed E-state index contributed by atoms with van der Waals surface area (Å²) in [6, 6.07) is 80.4. The van der Waals surface area contributed by atoms with Gasteiger partial charge in [0.05, 0.1) is 16.7 Å². The van der Waals surface area contributed by atoms with Crippen LogP contribution in [0.2, 0.25) is 0 Å². The Labute approximate surface area is 396 Å². The second-order valence-corrected chi connectivity index (χ2v) is 17.5. The largest absolute Gasteiger partial charge is 0.456 e. The van der Waals surface area contributed by atoms with E-state index in [1.54, 1.807) is 0 Å². The van der Waals surface area contributed by atoms with Gasteiger partial charge >= 0.3 is 0 Å². The molecule has 0 atom stereocenters. The summed E-state index contributed by atoms with van der Waals surface area (Å²) in [4.78, 5) is 15.8. The zero-order chi connectivity index (χ0) is 45.4. The molecule has 0 amide bonds. The minimum absolute atomic E-state index is 0.547. The first-order valence-electron chi connectivity index (χ1n) is 23.2. The summed E-state index contributed by atoms with van der Waals surface area (Å²) < 4.78 is 15.9. The fourth-order valence-corrected chi connectivity index (χ4v) is 10.2. The Bertz CT molecular complexity index is 4290. The normalized spacial score (nSPS) is 11.8. The quantitative estimate of drug-likeness (QED) is 0.159. The number of fused-ring (bicyclic) bond motifs is 9. The van der Waals surface area contributed by atoms with E-state index in [1.165, 1.54) is 10.9 Å². The molecule has 0 fully saturated rings. The van der Waals surface area contributed by atoms with E-state index in [-0.39, 0.29) is 0 Å². The molecule has 0 saturated carbocycles. The molecule has 14 rings (SSSR count). The first-order chi connectivity index (χ1) is 34.2.